The number of aromatic nitrogens is 2. The van der Waals surface area contributed by atoms with E-state index < -0.39 is 0 Å². The van der Waals surface area contributed by atoms with E-state index in [1.807, 2.05) is 13.8 Å². The Balaban J connectivity index is 2.71. The minimum atomic E-state index is -0.337. The maximum absolute atomic E-state index is 11.7. The van der Waals surface area contributed by atoms with E-state index in [4.69, 9.17) is 5.73 Å². The lowest BCUT2D eigenvalue weighted by atomic mass is 10.0. The summed E-state index contributed by atoms with van der Waals surface area (Å²) in [4.78, 5) is 22.4. The molecule has 0 saturated carbocycles. The molecule has 0 aromatic carbocycles. The Morgan fingerprint density at radius 2 is 2.25 bits per heavy atom. The maximum Gasteiger partial charge on any atom is 0.271 e. The van der Waals surface area contributed by atoms with E-state index in [0.29, 0.717) is 6.54 Å². The molecule has 0 aliphatic carbocycles. The lowest BCUT2D eigenvalue weighted by Crippen LogP contribution is -2.44. The van der Waals surface area contributed by atoms with Crippen LogP contribution in [-0.4, -0.2) is 28.7 Å². The third kappa shape index (κ3) is 3.16. The van der Waals surface area contributed by atoms with Gasteiger partial charge in [-0.15, -0.1) is 0 Å². The van der Waals surface area contributed by atoms with Crippen LogP contribution in [0.2, 0.25) is 0 Å². The normalized spacial score (nSPS) is 12.5. The molecule has 4 N–H and O–H groups in total. The van der Waals surface area contributed by atoms with Crippen LogP contribution in [-0.2, 0) is 0 Å². The molecule has 1 amide bonds. The smallest absolute Gasteiger partial charge is 0.271 e. The van der Waals surface area contributed by atoms with Gasteiger partial charge >= 0.3 is 0 Å². The molecule has 0 saturated heterocycles. The van der Waals surface area contributed by atoms with Crippen LogP contribution < -0.4 is 16.6 Å². The van der Waals surface area contributed by atoms with Gasteiger partial charge in [0.1, 0.15) is 5.69 Å². The number of hydrogen-bond donors (Lipinski definition) is 3. The number of H-pyrrole nitrogens is 1. The molecule has 1 aromatic rings. The van der Waals surface area contributed by atoms with Gasteiger partial charge in [-0.1, -0.05) is 13.8 Å². The number of nitrogens with zero attached hydrogens (tertiary/aromatic N) is 1. The summed E-state index contributed by atoms with van der Waals surface area (Å²) in [6.45, 7) is 4.31. The Morgan fingerprint density at radius 1 is 1.56 bits per heavy atom. The molecule has 1 unspecified atom stereocenters. The Labute approximate surface area is 93.2 Å². The first-order valence-corrected chi connectivity index (χ1v) is 5.11. The molecule has 6 heteroatoms. The Kier molecular flexibility index (Phi) is 4.19. The van der Waals surface area contributed by atoms with Crippen LogP contribution in [0.1, 0.15) is 24.3 Å². The minimum Gasteiger partial charge on any atom is -0.346 e. The summed E-state index contributed by atoms with van der Waals surface area (Å²) in [6.07, 6.45) is 0. The van der Waals surface area contributed by atoms with Crippen LogP contribution in [0, 0.1) is 5.92 Å². The van der Waals surface area contributed by atoms with Crippen LogP contribution >= 0.6 is 0 Å². The van der Waals surface area contributed by atoms with Crippen LogP contribution in [0.4, 0.5) is 0 Å². The summed E-state index contributed by atoms with van der Waals surface area (Å²) in [5.74, 6) is -0.0860. The molecule has 0 spiro atoms. The molecule has 0 aliphatic rings. The summed E-state index contributed by atoms with van der Waals surface area (Å²) in [6, 6.07) is 2.54. The average molecular weight is 224 g/mol. The molecular weight excluding hydrogens is 208 g/mol. The molecule has 0 fully saturated rings. The standard InChI is InChI=1S/C10H16N4O2/c1-6(2)8(5-11)12-10(16)7-3-4-9(15)14-13-7/h3-4,6,8H,5,11H2,1-2H3,(H,12,16)(H,14,15). The summed E-state index contributed by atoms with van der Waals surface area (Å²) in [5.41, 5.74) is 5.37. The zero-order valence-corrected chi connectivity index (χ0v) is 9.36. The highest BCUT2D eigenvalue weighted by Crippen LogP contribution is 2.00. The van der Waals surface area contributed by atoms with Crippen molar-refractivity contribution in [1.82, 2.24) is 15.5 Å². The van der Waals surface area contributed by atoms with E-state index in [0.717, 1.165) is 0 Å². The quantitative estimate of drug-likeness (QED) is 0.640. The highest BCUT2D eigenvalue weighted by molar-refractivity contribution is 5.92. The number of carbonyl (C=O) groups excluding carboxylic acids is 1. The minimum absolute atomic E-state index is 0.0961. The van der Waals surface area contributed by atoms with Gasteiger partial charge in [0.2, 0.25) is 0 Å². The van der Waals surface area contributed by atoms with Gasteiger partial charge in [-0.3, -0.25) is 9.59 Å². The Bertz CT molecular complexity index is 393. The van der Waals surface area contributed by atoms with E-state index in [1.54, 1.807) is 0 Å². The second kappa shape index (κ2) is 5.41. The first-order valence-electron chi connectivity index (χ1n) is 5.11. The summed E-state index contributed by atoms with van der Waals surface area (Å²) in [7, 11) is 0. The number of carbonyl (C=O) groups is 1. The van der Waals surface area contributed by atoms with Gasteiger partial charge in [-0.2, -0.15) is 5.10 Å². The largest absolute Gasteiger partial charge is 0.346 e. The van der Waals surface area contributed by atoms with Crippen molar-refractivity contribution in [1.29, 1.82) is 0 Å². The van der Waals surface area contributed by atoms with Crippen molar-refractivity contribution >= 4 is 5.91 Å². The SMILES string of the molecule is CC(C)C(CN)NC(=O)c1ccc(=O)[nH]n1. The number of hydrogen-bond acceptors (Lipinski definition) is 4. The highest BCUT2D eigenvalue weighted by Gasteiger charge is 2.16. The first kappa shape index (κ1) is 12.4. The maximum atomic E-state index is 11.7. The van der Waals surface area contributed by atoms with Crippen molar-refractivity contribution in [3.63, 3.8) is 0 Å². The number of amides is 1. The molecule has 6 nitrogen and oxygen atoms in total. The monoisotopic (exact) mass is 224 g/mol. The molecule has 1 aromatic heterocycles. The Hall–Kier alpha value is -1.69. The Morgan fingerprint density at radius 3 is 2.69 bits per heavy atom. The van der Waals surface area contributed by atoms with E-state index in [9.17, 15) is 9.59 Å². The molecule has 0 radical (unpaired) electrons. The van der Waals surface area contributed by atoms with E-state index in [-0.39, 0.29) is 29.1 Å². The molecule has 1 heterocycles. The number of aromatic amines is 1. The van der Waals surface area contributed by atoms with Crippen LogP contribution in [0.3, 0.4) is 0 Å². The van der Waals surface area contributed by atoms with Gasteiger partial charge in [0, 0.05) is 18.7 Å². The third-order valence-electron chi connectivity index (χ3n) is 2.29. The molecule has 1 rings (SSSR count). The van der Waals surface area contributed by atoms with Crippen molar-refractivity contribution < 1.29 is 4.79 Å². The van der Waals surface area contributed by atoms with Gasteiger partial charge in [0.05, 0.1) is 0 Å². The summed E-state index contributed by atoms with van der Waals surface area (Å²) >= 11 is 0. The molecule has 0 bridgehead atoms. The second-order valence-electron chi connectivity index (χ2n) is 3.87. The predicted molar refractivity (Wildman–Crippen MR) is 60.0 cm³/mol. The van der Waals surface area contributed by atoms with Gasteiger partial charge < -0.3 is 11.1 Å². The van der Waals surface area contributed by atoms with Crippen molar-refractivity contribution in [2.45, 2.75) is 19.9 Å². The fourth-order valence-electron chi connectivity index (χ4n) is 1.21. The molecule has 88 valence electrons. The van der Waals surface area contributed by atoms with Crippen LogP contribution in [0.25, 0.3) is 0 Å². The summed E-state index contributed by atoms with van der Waals surface area (Å²) in [5, 5.41) is 8.59. The predicted octanol–water partition coefficient (Wildman–Crippen LogP) is -0.517. The topological polar surface area (TPSA) is 101 Å². The fraction of sp³-hybridized carbons (Fsp3) is 0.500. The van der Waals surface area contributed by atoms with Crippen molar-refractivity contribution in [2.24, 2.45) is 11.7 Å². The molecule has 16 heavy (non-hydrogen) atoms. The lowest BCUT2D eigenvalue weighted by Gasteiger charge is -2.19. The number of rotatable bonds is 4. The number of nitrogens with one attached hydrogen (secondary N) is 2. The molecular formula is C10H16N4O2. The van der Waals surface area contributed by atoms with E-state index >= 15 is 0 Å². The van der Waals surface area contributed by atoms with E-state index in [1.165, 1.54) is 12.1 Å². The van der Waals surface area contributed by atoms with Gasteiger partial charge in [-0.05, 0) is 12.0 Å². The van der Waals surface area contributed by atoms with Crippen molar-refractivity contribution in [3.05, 3.63) is 28.2 Å². The van der Waals surface area contributed by atoms with Gasteiger partial charge in [0.15, 0.2) is 0 Å². The van der Waals surface area contributed by atoms with Crippen molar-refractivity contribution in [2.75, 3.05) is 6.54 Å². The molecule has 0 aliphatic heterocycles. The third-order valence-corrected chi connectivity index (χ3v) is 2.29. The van der Waals surface area contributed by atoms with Gasteiger partial charge in [-0.25, -0.2) is 5.10 Å². The second-order valence-corrected chi connectivity index (χ2v) is 3.87. The summed E-state index contributed by atoms with van der Waals surface area (Å²) < 4.78 is 0. The molecule has 1 atom stereocenters. The zero-order valence-electron chi connectivity index (χ0n) is 9.36. The van der Waals surface area contributed by atoms with Crippen molar-refractivity contribution in [3.8, 4) is 0 Å². The lowest BCUT2D eigenvalue weighted by molar-refractivity contribution is 0.0921. The fourth-order valence-corrected chi connectivity index (χ4v) is 1.21. The van der Waals surface area contributed by atoms with Crippen LogP contribution in [0.15, 0.2) is 16.9 Å². The van der Waals surface area contributed by atoms with Crippen LogP contribution in [0.5, 0.6) is 0 Å². The highest BCUT2D eigenvalue weighted by atomic mass is 16.2. The first-order chi connectivity index (χ1) is 7.54. The zero-order chi connectivity index (χ0) is 12.1. The van der Waals surface area contributed by atoms with E-state index in [2.05, 4.69) is 15.5 Å². The van der Waals surface area contributed by atoms with Gasteiger partial charge in [0.25, 0.3) is 11.5 Å². The average Bonchev–Trinajstić information content (AvgIpc) is 2.26. The number of nitrogens with two attached hydrogens (primary N) is 1.